The first-order valence-corrected chi connectivity index (χ1v) is 13.4. The maximum Gasteiger partial charge on any atom is 0.343 e. The third-order valence-electron chi connectivity index (χ3n) is 5.91. The van der Waals surface area contributed by atoms with Crippen LogP contribution < -0.4 is 14.9 Å². The molecule has 5 aromatic rings. The van der Waals surface area contributed by atoms with Gasteiger partial charge in [0.05, 0.1) is 23.4 Å². The Kier molecular flexibility index (Phi) is 7.90. The zero-order valence-electron chi connectivity index (χ0n) is 20.6. The molecule has 1 amide bonds. The molecule has 0 saturated heterocycles. The summed E-state index contributed by atoms with van der Waals surface area (Å²) in [5, 5.41) is 5.03. The van der Waals surface area contributed by atoms with Gasteiger partial charge in [-0.1, -0.05) is 64.5 Å². The van der Waals surface area contributed by atoms with Crippen molar-refractivity contribution in [1.29, 1.82) is 0 Å². The van der Waals surface area contributed by atoms with Crippen molar-refractivity contribution < 1.29 is 19.1 Å². The Hall–Kier alpha value is -4.21. The highest BCUT2D eigenvalue weighted by atomic mass is 79.9. The van der Waals surface area contributed by atoms with Crippen molar-refractivity contribution in [2.75, 3.05) is 7.11 Å². The Morgan fingerprint density at radius 3 is 2.36 bits per heavy atom. The number of esters is 1. The maximum absolute atomic E-state index is 13.3. The minimum absolute atomic E-state index is 0.271. The molecular formula is C30H21Br2N3O4. The highest BCUT2D eigenvalue weighted by Gasteiger charge is 2.20. The van der Waals surface area contributed by atoms with Gasteiger partial charge in [-0.25, -0.2) is 10.2 Å². The topological polar surface area (TPSA) is 92.8 Å². The Morgan fingerprint density at radius 1 is 0.923 bits per heavy atom. The van der Waals surface area contributed by atoms with Crippen LogP contribution >= 0.6 is 31.9 Å². The summed E-state index contributed by atoms with van der Waals surface area (Å²) in [6.07, 6.45) is 1.43. The van der Waals surface area contributed by atoms with Crippen molar-refractivity contribution in [1.82, 2.24) is 10.4 Å². The van der Waals surface area contributed by atoms with Crippen LogP contribution in [0.15, 0.2) is 105 Å². The standard InChI is InChI=1S/C30H21Br2N3O4/c1-38-22-12-13-25-23(16-22)26(18-8-4-2-5-9-18)27(34-25)29(36)35-33-17-20-14-21(31)15-24(32)28(20)39-30(37)19-10-6-3-7-11-19/h2-17,34H,1H3,(H,35,36). The molecule has 1 aromatic heterocycles. The van der Waals surface area contributed by atoms with Crippen molar-refractivity contribution in [3.8, 4) is 22.6 Å². The second kappa shape index (κ2) is 11.7. The van der Waals surface area contributed by atoms with E-state index in [-0.39, 0.29) is 5.75 Å². The molecule has 0 fully saturated rings. The number of hydrogen-bond acceptors (Lipinski definition) is 5. The van der Waals surface area contributed by atoms with Crippen LogP contribution in [0.3, 0.4) is 0 Å². The zero-order valence-corrected chi connectivity index (χ0v) is 23.7. The van der Waals surface area contributed by atoms with Crippen molar-refractivity contribution in [3.05, 3.63) is 117 Å². The van der Waals surface area contributed by atoms with Gasteiger partial charge in [0.1, 0.15) is 11.4 Å². The first kappa shape index (κ1) is 26.4. The maximum atomic E-state index is 13.3. The fourth-order valence-corrected chi connectivity index (χ4v) is 5.44. The van der Waals surface area contributed by atoms with E-state index in [4.69, 9.17) is 9.47 Å². The van der Waals surface area contributed by atoms with Crippen molar-refractivity contribution in [3.63, 3.8) is 0 Å². The Balaban J connectivity index is 1.45. The molecule has 4 aromatic carbocycles. The third kappa shape index (κ3) is 5.79. The van der Waals surface area contributed by atoms with Crippen LogP contribution in [-0.4, -0.2) is 30.2 Å². The van der Waals surface area contributed by atoms with Gasteiger partial charge >= 0.3 is 5.97 Å². The largest absolute Gasteiger partial charge is 0.497 e. The summed E-state index contributed by atoms with van der Waals surface area (Å²) < 4.78 is 12.4. The van der Waals surface area contributed by atoms with Crippen LogP contribution in [0.1, 0.15) is 26.4 Å². The van der Waals surface area contributed by atoms with E-state index < -0.39 is 11.9 Å². The third-order valence-corrected chi connectivity index (χ3v) is 6.95. The van der Waals surface area contributed by atoms with E-state index in [1.807, 2.05) is 54.6 Å². The predicted molar refractivity (Wildman–Crippen MR) is 159 cm³/mol. The fourth-order valence-electron chi connectivity index (χ4n) is 4.10. The Morgan fingerprint density at radius 2 is 1.64 bits per heavy atom. The molecule has 9 heteroatoms. The SMILES string of the molecule is COc1ccc2[nH]c(C(=O)NN=Cc3cc(Br)cc(Br)c3OC(=O)c3ccccc3)c(-c3ccccc3)c2c1. The number of nitrogens with zero attached hydrogens (tertiary/aromatic N) is 1. The first-order valence-electron chi connectivity index (χ1n) is 11.8. The second-order valence-corrected chi connectivity index (χ2v) is 10.2. The summed E-state index contributed by atoms with van der Waals surface area (Å²) in [5.41, 5.74) is 6.23. The fraction of sp³-hybridized carbons (Fsp3) is 0.0333. The predicted octanol–water partition coefficient (Wildman–Crippen LogP) is 7.35. The molecule has 1 heterocycles. The number of aromatic nitrogens is 1. The van der Waals surface area contributed by atoms with Gasteiger partial charge in [-0.05, 0) is 64.0 Å². The number of benzene rings is 4. The smallest absolute Gasteiger partial charge is 0.343 e. The number of methoxy groups -OCH3 is 1. The highest BCUT2D eigenvalue weighted by Crippen LogP contribution is 2.35. The summed E-state index contributed by atoms with van der Waals surface area (Å²) >= 11 is 6.90. The number of halogens is 2. The molecule has 0 aliphatic carbocycles. The number of H-pyrrole nitrogens is 1. The molecule has 194 valence electrons. The number of amides is 1. The molecule has 0 atom stereocenters. The quantitative estimate of drug-likeness (QED) is 0.0837. The molecule has 5 rings (SSSR count). The van der Waals surface area contributed by atoms with Gasteiger partial charge in [0.2, 0.25) is 0 Å². The Bertz CT molecular complexity index is 1700. The van der Waals surface area contributed by atoms with E-state index in [2.05, 4.69) is 47.4 Å². The monoisotopic (exact) mass is 645 g/mol. The lowest BCUT2D eigenvalue weighted by molar-refractivity contribution is 0.0733. The van der Waals surface area contributed by atoms with Gasteiger partial charge in [-0.2, -0.15) is 5.10 Å². The van der Waals surface area contributed by atoms with E-state index in [1.54, 1.807) is 43.5 Å². The van der Waals surface area contributed by atoms with Gasteiger partial charge < -0.3 is 14.5 Å². The van der Waals surface area contributed by atoms with Crippen LogP contribution in [0.4, 0.5) is 0 Å². The van der Waals surface area contributed by atoms with Crippen molar-refractivity contribution in [2.45, 2.75) is 0 Å². The number of fused-ring (bicyclic) bond motifs is 1. The molecule has 0 radical (unpaired) electrons. The lowest BCUT2D eigenvalue weighted by atomic mass is 10.0. The van der Waals surface area contributed by atoms with E-state index in [9.17, 15) is 9.59 Å². The van der Waals surface area contributed by atoms with Gasteiger partial charge in [-0.3, -0.25) is 4.79 Å². The molecule has 0 aliphatic rings. The second-order valence-electron chi connectivity index (χ2n) is 8.41. The van der Waals surface area contributed by atoms with Crippen molar-refractivity contribution in [2.24, 2.45) is 5.10 Å². The molecular weight excluding hydrogens is 626 g/mol. The number of hydrogen-bond donors (Lipinski definition) is 2. The summed E-state index contributed by atoms with van der Waals surface area (Å²) in [5.74, 6) is 0.00434. The van der Waals surface area contributed by atoms with Gasteiger partial charge in [0.25, 0.3) is 5.91 Å². The van der Waals surface area contributed by atoms with Crippen LogP contribution in [0, 0.1) is 0 Å². The molecule has 0 unspecified atom stereocenters. The normalized spacial score (nSPS) is 11.1. The van der Waals surface area contributed by atoms with Crippen LogP contribution in [0.5, 0.6) is 11.5 Å². The van der Waals surface area contributed by atoms with Gasteiger partial charge in [0.15, 0.2) is 5.75 Å². The summed E-state index contributed by atoms with van der Waals surface area (Å²) in [7, 11) is 1.60. The number of aromatic amines is 1. The summed E-state index contributed by atoms with van der Waals surface area (Å²) in [4.78, 5) is 29.2. The average Bonchev–Trinajstić information content (AvgIpc) is 3.34. The van der Waals surface area contributed by atoms with Crippen LogP contribution in [-0.2, 0) is 0 Å². The lowest BCUT2D eigenvalue weighted by Crippen LogP contribution is -2.19. The van der Waals surface area contributed by atoms with E-state index in [0.717, 1.165) is 26.5 Å². The average molecular weight is 647 g/mol. The van der Waals surface area contributed by atoms with Gasteiger partial charge in [0, 0.05) is 26.5 Å². The number of carbonyl (C=O) groups excluding carboxylic acids is 2. The molecule has 0 bridgehead atoms. The number of hydrazone groups is 1. The minimum Gasteiger partial charge on any atom is -0.497 e. The molecule has 39 heavy (non-hydrogen) atoms. The minimum atomic E-state index is -0.515. The molecule has 0 saturated carbocycles. The van der Waals surface area contributed by atoms with E-state index in [0.29, 0.717) is 27.0 Å². The first-order chi connectivity index (χ1) is 18.9. The summed E-state index contributed by atoms with van der Waals surface area (Å²) in [6, 6.07) is 27.4. The summed E-state index contributed by atoms with van der Waals surface area (Å²) in [6.45, 7) is 0. The lowest BCUT2D eigenvalue weighted by Gasteiger charge is -2.10. The number of carbonyl (C=O) groups is 2. The number of rotatable bonds is 7. The molecule has 0 aliphatic heterocycles. The highest BCUT2D eigenvalue weighted by molar-refractivity contribution is 9.11. The number of nitrogens with one attached hydrogen (secondary N) is 2. The van der Waals surface area contributed by atoms with E-state index in [1.165, 1.54) is 6.21 Å². The number of ether oxygens (including phenoxy) is 2. The molecule has 2 N–H and O–H groups in total. The van der Waals surface area contributed by atoms with Gasteiger partial charge in [-0.15, -0.1) is 0 Å². The molecule has 7 nitrogen and oxygen atoms in total. The Labute approximate surface area is 241 Å². The van der Waals surface area contributed by atoms with Crippen molar-refractivity contribution >= 4 is 60.9 Å². The molecule has 0 spiro atoms. The van der Waals surface area contributed by atoms with Crippen LogP contribution in [0.25, 0.3) is 22.0 Å². The van der Waals surface area contributed by atoms with E-state index >= 15 is 0 Å². The zero-order chi connectivity index (χ0) is 27.4. The van der Waals surface area contributed by atoms with Crippen LogP contribution in [0.2, 0.25) is 0 Å².